The molecule has 4 rings (SSSR count). The first-order valence-electron chi connectivity index (χ1n) is 11.9. The van der Waals surface area contributed by atoms with Crippen LogP contribution in [0.2, 0.25) is 0 Å². The molecule has 3 amide bonds. The van der Waals surface area contributed by atoms with Gasteiger partial charge in [-0.25, -0.2) is 0 Å². The summed E-state index contributed by atoms with van der Waals surface area (Å²) in [7, 11) is 0. The SMILES string of the molecule is CC(C)(C)NC(=O)[C@@H](c1ccccc1)N(C(=O)CNC(=O)c1cccs1)c1ccc2c(c1)CCC2. The Labute approximate surface area is 210 Å². The minimum absolute atomic E-state index is 0.222. The number of thiophene rings is 1. The lowest BCUT2D eigenvalue weighted by Crippen LogP contribution is -2.51. The predicted molar refractivity (Wildman–Crippen MR) is 140 cm³/mol. The highest BCUT2D eigenvalue weighted by molar-refractivity contribution is 7.12. The molecule has 0 radical (unpaired) electrons. The molecule has 1 heterocycles. The first-order chi connectivity index (χ1) is 16.7. The molecule has 1 aromatic heterocycles. The van der Waals surface area contributed by atoms with Crippen molar-refractivity contribution in [2.75, 3.05) is 11.4 Å². The average Bonchev–Trinajstić information content (AvgIpc) is 3.52. The van der Waals surface area contributed by atoms with E-state index in [0.29, 0.717) is 16.1 Å². The maximum Gasteiger partial charge on any atom is 0.261 e. The maximum absolute atomic E-state index is 13.7. The number of nitrogens with zero attached hydrogens (tertiary/aromatic N) is 1. The maximum atomic E-state index is 13.7. The van der Waals surface area contributed by atoms with Crippen molar-refractivity contribution < 1.29 is 14.4 Å². The topological polar surface area (TPSA) is 78.5 Å². The Morgan fingerprint density at radius 2 is 1.71 bits per heavy atom. The van der Waals surface area contributed by atoms with E-state index in [1.165, 1.54) is 27.4 Å². The molecule has 3 aromatic rings. The number of hydrogen-bond donors (Lipinski definition) is 2. The first kappa shape index (κ1) is 24.7. The van der Waals surface area contributed by atoms with Gasteiger partial charge in [0.05, 0.1) is 11.4 Å². The Morgan fingerprint density at radius 3 is 2.40 bits per heavy atom. The second-order valence-corrected chi connectivity index (χ2v) is 10.7. The number of nitrogens with one attached hydrogen (secondary N) is 2. The fraction of sp³-hybridized carbons (Fsp3) is 0.321. The van der Waals surface area contributed by atoms with Crippen molar-refractivity contribution in [2.45, 2.75) is 51.6 Å². The summed E-state index contributed by atoms with van der Waals surface area (Å²) in [4.78, 5) is 42.0. The number of aryl methyl sites for hydroxylation is 2. The van der Waals surface area contributed by atoms with E-state index in [-0.39, 0.29) is 24.3 Å². The van der Waals surface area contributed by atoms with Crippen molar-refractivity contribution in [2.24, 2.45) is 0 Å². The van der Waals surface area contributed by atoms with Gasteiger partial charge in [0.1, 0.15) is 6.04 Å². The highest BCUT2D eigenvalue weighted by atomic mass is 32.1. The highest BCUT2D eigenvalue weighted by Crippen LogP contribution is 2.32. The molecule has 1 atom stereocenters. The first-order valence-corrected chi connectivity index (χ1v) is 12.7. The van der Waals surface area contributed by atoms with Crippen LogP contribution in [0.5, 0.6) is 0 Å². The molecule has 7 heteroatoms. The minimum atomic E-state index is -0.888. The van der Waals surface area contributed by atoms with Crippen LogP contribution in [0.4, 0.5) is 5.69 Å². The smallest absolute Gasteiger partial charge is 0.261 e. The Hall–Kier alpha value is -3.45. The molecule has 182 valence electrons. The van der Waals surface area contributed by atoms with Gasteiger partial charge in [0.2, 0.25) is 11.8 Å². The van der Waals surface area contributed by atoms with Crippen LogP contribution in [0, 0.1) is 0 Å². The normalized spacial score (nSPS) is 13.6. The summed E-state index contributed by atoms with van der Waals surface area (Å²) in [6.45, 7) is 5.52. The number of benzene rings is 2. The van der Waals surface area contributed by atoms with Crippen molar-refractivity contribution >= 4 is 34.7 Å². The number of carbonyl (C=O) groups excluding carboxylic acids is 3. The minimum Gasteiger partial charge on any atom is -0.349 e. The van der Waals surface area contributed by atoms with E-state index in [4.69, 9.17) is 0 Å². The Morgan fingerprint density at radius 1 is 0.971 bits per heavy atom. The third kappa shape index (κ3) is 5.98. The lowest BCUT2D eigenvalue weighted by molar-refractivity contribution is -0.127. The van der Waals surface area contributed by atoms with Crippen molar-refractivity contribution in [1.29, 1.82) is 0 Å². The molecule has 0 fully saturated rings. The van der Waals surface area contributed by atoms with Gasteiger partial charge in [0, 0.05) is 11.2 Å². The average molecular weight is 490 g/mol. The summed E-state index contributed by atoms with van der Waals surface area (Å²) in [6, 6.07) is 17.9. The largest absolute Gasteiger partial charge is 0.349 e. The van der Waals surface area contributed by atoms with E-state index in [9.17, 15) is 14.4 Å². The lowest BCUT2D eigenvalue weighted by Gasteiger charge is -2.34. The van der Waals surface area contributed by atoms with Gasteiger partial charge in [-0.15, -0.1) is 11.3 Å². The third-order valence-corrected chi connectivity index (χ3v) is 6.76. The van der Waals surface area contributed by atoms with Crippen LogP contribution in [-0.2, 0) is 22.4 Å². The zero-order valence-corrected chi connectivity index (χ0v) is 21.2. The van der Waals surface area contributed by atoms with Crippen LogP contribution in [-0.4, -0.2) is 29.8 Å². The molecule has 1 aliphatic carbocycles. The molecule has 1 aliphatic rings. The molecule has 0 bridgehead atoms. The van der Waals surface area contributed by atoms with Gasteiger partial charge in [-0.2, -0.15) is 0 Å². The van der Waals surface area contributed by atoms with Crippen LogP contribution in [0.25, 0.3) is 0 Å². The summed E-state index contributed by atoms with van der Waals surface area (Å²) < 4.78 is 0. The van der Waals surface area contributed by atoms with Crippen molar-refractivity contribution in [1.82, 2.24) is 10.6 Å². The van der Waals surface area contributed by atoms with Crippen molar-refractivity contribution in [3.8, 4) is 0 Å². The zero-order valence-electron chi connectivity index (χ0n) is 20.3. The van der Waals surface area contributed by atoms with E-state index in [1.54, 1.807) is 12.1 Å². The van der Waals surface area contributed by atoms with E-state index < -0.39 is 11.6 Å². The summed E-state index contributed by atoms with van der Waals surface area (Å²) in [6.07, 6.45) is 3.05. The molecule has 0 saturated heterocycles. The third-order valence-electron chi connectivity index (χ3n) is 5.89. The predicted octanol–water partition coefficient (Wildman–Crippen LogP) is 4.66. The van der Waals surface area contributed by atoms with Crippen LogP contribution in [0.15, 0.2) is 66.0 Å². The van der Waals surface area contributed by atoms with E-state index >= 15 is 0 Å². The number of carbonyl (C=O) groups is 3. The quantitative estimate of drug-likeness (QED) is 0.507. The Kier molecular flexibility index (Phi) is 7.36. The van der Waals surface area contributed by atoms with Gasteiger partial charge in [-0.1, -0.05) is 42.5 Å². The fourth-order valence-electron chi connectivity index (χ4n) is 4.37. The molecule has 0 aliphatic heterocycles. The highest BCUT2D eigenvalue weighted by Gasteiger charge is 2.35. The Bertz CT molecular complexity index is 1200. The standard InChI is InChI=1S/C28H31N3O3S/c1-28(2,3)30-27(34)25(20-9-5-4-6-10-20)31(22-15-14-19-11-7-12-21(19)17-22)24(32)18-29-26(33)23-13-8-16-35-23/h4-6,8-10,13-17,25H,7,11-12,18H2,1-3H3,(H,29,33)(H,30,34)/t25-/m1/s1. The second kappa shape index (κ2) is 10.4. The van der Waals surface area contributed by atoms with E-state index in [2.05, 4.69) is 10.6 Å². The summed E-state index contributed by atoms with van der Waals surface area (Å²) in [5.41, 5.74) is 3.35. The zero-order chi connectivity index (χ0) is 25.0. The molecule has 35 heavy (non-hydrogen) atoms. The van der Waals surface area contributed by atoms with Crippen LogP contribution in [0.3, 0.4) is 0 Å². The fourth-order valence-corrected chi connectivity index (χ4v) is 5.01. The monoisotopic (exact) mass is 489 g/mol. The van der Waals surface area contributed by atoms with Crippen LogP contribution >= 0.6 is 11.3 Å². The van der Waals surface area contributed by atoms with E-state index in [0.717, 1.165) is 19.3 Å². The molecule has 2 aromatic carbocycles. The van der Waals surface area contributed by atoms with Crippen molar-refractivity contribution in [3.63, 3.8) is 0 Å². The summed E-state index contributed by atoms with van der Waals surface area (Å²) >= 11 is 1.31. The summed E-state index contributed by atoms with van der Waals surface area (Å²) in [5.74, 6) is -0.939. The molecular formula is C28H31N3O3S. The number of rotatable bonds is 7. The lowest BCUT2D eigenvalue weighted by atomic mass is 10.00. The van der Waals surface area contributed by atoms with Gasteiger partial charge in [-0.05, 0) is 80.3 Å². The van der Waals surface area contributed by atoms with E-state index in [1.807, 2.05) is 74.7 Å². The Balaban J connectivity index is 1.72. The van der Waals surface area contributed by atoms with Gasteiger partial charge in [0.25, 0.3) is 5.91 Å². The molecule has 0 saturated carbocycles. The molecule has 0 spiro atoms. The number of hydrogen-bond acceptors (Lipinski definition) is 4. The second-order valence-electron chi connectivity index (χ2n) is 9.78. The number of anilines is 1. The molecule has 0 unspecified atom stereocenters. The molecule has 6 nitrogen and oxygen atoms in total. The van der Waals surface area contributed by atoms with Gasteiger partial charge < -0.3 is 10.6 Å². The number of fused-ring (bicyclic) bond motifs is 1. The summed E-state index contributed by atoms with van der Waals surface area (Å²) in [5, 5.41) is 7.59. The van der Waals surface area contributed by atoms with Gasteiger partial charge >= 0.3 is 0 Å². The number of amides is 3. The van der Waals surface area contributed by atoms with Gasteiger partial charge in [0.15, 0.2) is 0 Å². The molecular weight excluding hydrogens is 458 g/mol. The molecule has 2 N–H and O–H groups in total. The van der Waals surface area contributed by atoms with Crippen LogP contribution in [0.1, 0.15) is 59.6 Å². The van der Waals surface area contributed by atoms with Crippen molar-refractivity contribution in [3.05, 3.63) is 87.6 Å². The van der Waals surface area contributed by atoms with Gasteiger partial charge in [-0.3, -0.25) is 19.3 Å². The van der Waals surface area contributed by atoms with Crippen LogP contribution < -0.4 is 15.5 Å².